The Bertz CT molecular complexity index is 731. The number of nitrogens with one attached hydrogen (secondary N) is 2. The molecule has 0 spiro atoms. The molecular weight excluding hydrogens is 379 g/mol. The van der Waals surface area contributed by atoms with Gasteiger partial charge in [0.2, 0.25) is 5.88 Å². The third-order valence-electron chi connectivity index (χ3n) is 3.26. The number of guanidine groups is 1. The Morgan fingerprint density at radius 3 is 2.67 bits per heavy atom. The SMILES string of the molecule is CCCOc1ccc(CN=C(NCC)NCc2nc(C(F)(F)F)cs2)cn1. The number of pyridine rings is 1. The van der Waals surface area contributed by atoms with Crippen LogP contribution in [-0.4, -0.2) is 29.1 Å². The normalized spacial score (nSPS) is 12.1. The van der Waals surface area contributed by atoms with Crippen LogP contribution in [0.1, 0.15) is 36.5 Å². The molecule has 0 fully saturated rings. The number of ether oxygens (including phenoxy) is 1. The zero-order chi connectivity index (χ0) is 19.7. The third-order valence-corrected chi connectivity index (χ3v) is 4.11. The number of hydrogen-bond donors (Lipinski definition) is 2. The second kappa shape index (κ2) is 10.1. The molecule has 0 aliphatic carbocycles. The van der Waals surface area contributed by atoms with Gasteiger partial charge in [0.25, 0.3) is 0 Å². The molecule has 2 rings (SSSR count). The van der Waals surface area contributed by atoms with Crippen molar-refractivity contribution in [3.63, 3.8) is 0 Å². The summed E-state index contributed by atoms with van der Waals surface area (Å²) in [5, 5.41) is 7.38. The Balaban J connectivity index is 1.92. The first-order valence-corrected chi connectivity index (χ1v) is 9.41. The van der Waals surface area contributed by atoms with Gasteiger partial charge in [-0.25, -0.2) is 15.0 Å². The predicted molar refractivity (Wildman–Crippen MR) is 98.8 cm³/mol. The van der Waals surface area contributed by atoms with Crippen molar-refractivity contribution in [1.82, 2.24) is 20.6 Å². The second-order valence-electron chi connectivity index (χ2n) is 5.53. The molecule has 27 heavy (non-hydrogen) atoms. The number of thiazole rings is 1. The van der Waals surface area contributed by atoms with Gasteiger partial charge in [-0.05, 0) is 18.9 Å². The average molecular weight is 401 g/mol. The van der Waals surface area contributed by atoms with Crippen molar-refractivity contribution in [2.45, 2.75) is 39.5 Å². The van der Waals surface area contributed by atoms with E-state index in [-0.39, 0.29) is 6.54 Å². The van der Waals surface area contributed by atoms with Crippen LogP contribution in [0.25, 0.3) is 0 Å². The van der Waals surface area contributed by atoms with Gasteiger partial charge >= 0.3 is 6.18 Å². The van der Waals surface area contributed by atoms with Gasteiger partial charge in [0, 0.05) is 24.2 Å². The number of nitrogens with zero attached hydrogens (tertiary/aromatic N) is 3. The van der Waals surface area contributed by atoms with Crippen molar-refractivity contribution in [2.75, 3.05) is 13.2 Å². The molecular formula is C17H22F3N5OS. The van der Waals surface area contributed by atoms with E-state index in [1.54, 1.807) is 12.3 Å². The van der Waals surface area contributed by atoms with Crippen molar-refractivity contribution in [2.24, 2.45) is 4.99 Å². The first kappa shape index (κ1) is 20.9. The van der Waals surface area contributed by atoms with Crippen molar-refractivity contribution >= 4 is 17.3 Å². The highest BCUT2D eigenvalue weighted by Crippen LogP contribution is 2.29. The number of halogens is 3. The molecule has 10 heteroatoms. The van der Waals surface area contributed by atoms with Gasteiger partial charge in [0.05, 0.1) is 19.7 Å². The monoisotopic (exact) mass is 401 g/mol. The Morgan fingerprint density at radius 1 is 1.26 bits per heavy atom. The maximum absolute atomic E-state index is 12.6. The van der Waals surface area contributed by atoms with Crippen LogP contribution in [0.2, 0.25) is 0 Å². The van der Waals surface area contributed by atoms with Crippen LogP contribution < -0.4 is 15.4 Å². The van der Waals surface area contributed by atoms with Gasteiger partial charge in [-0.15, -0.1) is 11.3 Å². The summed E-state index contributed by atoms with van der Waals surface area (Å²) < 4.78 is 43.2. The van der Waals surface area contributed by atoms with Gasteiger partial charge in [-0.2, -0.15) is 13.2 Å². The largest absolute Gasteiger partial charge is 0.478 e. The van der Waals surface area contributed by atoms with Crippen LogP contribution in [0.15, 0.2) is 28.7 Å². The minimum atomic E-state index is -4.42. The maximum Gasteiger partial charge on any atom is 0.434 e. The lowest BCUT2D eigenvalue weighted by Gasteiger charge is -2.10. The highest BCUT2D eigenvalue weighted by molar-refractivity contribution is 7.09. The summed E-state index contributed by atoms with van der Waals surface area (Å²) in [4.78, 5) is 12.2. The molecule has 0 saturated heterocycles. The van der Waals surface area contributed by atoms with E-state index >= 15 is 0 Å². The number of aliphatic imine (C=N–C) groups is 1. The standard InChI is InChI=1S/C17H22F3N5OS/c1-3-7-26-14-6-5-12(8-22-14)9-23-16(21-4-2)24-10-15-25-13(11-27-15)17(18,19)20/h5-6,8,11H,3-4,7,9-10H2,1-2H3,(H2,21,23,24). The lowest BCUT2D eigenvalue weighted by Crippen LogP contribution is -2.36. The van der Waals surface area contributed by atoms with Crippen LogP contribution in [0.4, 0.5) is 13.2 Å². The molecule has 148 valence electrons. The molecule has 0 saturated carbocycles. The van der Waals surface area contributed by atoms with Crippen LogP contribution in [0.3, 0.4) is 0 Å². The number of rotatable bonds is 8. The molecule has 2 heterocycles. The van der Waals surface area contributed by atoms with Crippen molar-refractivity contribution in [1.29, 1.82) is 0 Å². The number of aromatic nitrogens is 2. The van der Waals surface area contributed by atoms with Crippen molar-refractivity contribution in [3.05, 3.63) is 40.0 Å². The van der Waals surface area contributed by atoms with E-state index in [4.69, 9.17) is 4.74 Å². The minimum absolute atomic E-state index is 0.161. The van der Waals surface area contributed by atoms with E-state index in [2.05, 4.69) is 25.6 Å². The van der Waals surface area contributed by atoms with Gasteiger partial charge in [-0.1, -0.05) is 13.0 Å². The van der Waals surface area contributed by atoms with E-state index in [1.807, 2.05) is 19.9 Å². The van der Waals surface area contributed by atoms with Crippen LogP contribution in [-0.2, 0) is 19.3 Å². The second-order valence-corrected chi connectivity index (χ2v) is 6.47. The molecule has 2 aromatic heterocycles. The summed E-state index contributed by atoms with van der Waals surface area (Å²) >= 11 is 0.959. The van der Waals surface area contributed by atoms with Crippen molar-refractivity contribution < 1.29 is 17.9 Å². The van der Waals surface area contributed by atoms with E-state index in [0.29, 0.717) is 36.5 Å². The summed E-state index contributed by atoms with van der Waals surface area (Å²) in [7, 11) is 0. The van der Waals surface area contributed by atoms with Gasteiger partial charge < -0.3 is 15.4 Å². The van der Waals surface area contributed by atoms with Crippen LogP contribution in [0, 0.1) is 0 Å². The summed E-state index contributed by atoms with van der Waals surface area (Å²) in [5.41, 5.74) is 0.0207. The molecule has 0 aliphatic heterocycles. The van der Waals surface area contributed by atoms with E-state index < -0.39 is 11.9 Å². The number of hydrogen-bond acceptors (Lipinski definition) is 5. The summed E-state index contributed by atoms with van der Waals surface area (Å²) in [6.07, 6.45) is -1.82. The molecule has 2 N–H and O–H groups in total. The van der Waals surface area contributed by atoms with Gasteiger partial charge in [-0.3, -0.25) is 0 Å². The van der Waals surface area contributed by atoms with Gasteiger partial charge in [0.1, 0.15) is 5.01 Å². The van der Waals surface area contributed by atoms with E-state index in [0.717, 1.165) is 28.7 Å². The molecule has 0 bridgehead atoms. The smallest absolute Gasteiger partial charge is 0.434 e. The molecule has 0 aliphatic rings. The van der Waals surface area contributed by atoms with Gasteiger partial charge in [0.15, 0.2) is 11.7 Å². The topological polar surface area (TPSA) is 71.4 Å². The highest BCUT2D eigenvalue weighted by atomic mass is 32.1. The Labute approximate surface area is 159 Å². The molecule has 2 aromatic rings. The first-order valence-electron chi connectivity index (χ1n) is 8.53. The van der Waals surface area contributed by atoms with Crippen LogP contribution in [0.5, 0.6) is 5.88 Å². The average Bonchev–Trinajstić information content (AvgIpc) is 3.12. The summed E-state index contributed by atoms with van der Waals surface area (Å²) in [6.45, 7) is 5.71. The van der Waals surface area contributed by atoms with E-state index in [9.17, 15) is 13.2 Å². The summed E-state index contributed by atoms with van der Waals surface area (Å²) in [6, 6.07) is 3.66. The molecule has 0 unspecified atom stereocenters. The van der Waals surface area contributed by atoms with E-state index in [1.165, 1.54) is 0 Å². The lowest BCUT2D eigenvalue weighted by atomic mass is 10.3. The lowest BCUT2D eigenvalue weighted by molar-refractivity contribution is -0.140. The fraction of sp³-hybridized carbons (Fsp3) is 0.471. The molecule has 6 nitrogen and oxygen atoms in total. The maximum atomic E-state index is 12.6. The summed E-state index contributed by atoms with van der Waals surface area (Å²) in [5.74, 6) is 1.06. The fourth-order valence-corrected chi connectivity index (χ4v) is 2.73. The molecule has 0 atom stereocenters. The molecule has 0 amide bonds. The van der Waals surface area contributed by atoms with Crippen molar-refractivity contribution in [3.8, 4) is 5.88 Å². The zero-order valence-electron chi connectivity index (χ0n) is 15.1. The zero-order valence-corrected chi connectivity index (χ0v) is 16.0. The molecule has 0 radical (unpaired) electrons. The first-order chi connectivity index (χ1) is 12.9. The molecule has 0 aromatic carbocycles. The fourth-order valence-electron chi connectivity index (χ4n) is 1.99. The number of alkyl halides is 3. The predicted octanol–water partition coefficient (Wildman–Crippen LogP) is 3.60. The third kappa shape index (κ3) is 7.05. The Morgan fingerprint density at radius 2 is 2.07 bits per heavy atom. The van der Waals surface area contributed by atoms with Crippen LogP contribution >= 0.6 is 11.3 Å². The minimum Gasteiger partial charge on any atom is -0.478 e. The Hall–Kier alpha value is -2.36. The highest BCUT2D eigenvalue weighted by Gasteiger charge is 2.33. The Kier molecular flexibility index (Phi) is 7.83. The quantitative estimate of drug-likeness (QED) is 0.522.